The number of rotatable bonds is 6. The highest BCUT2D eigenvalue weighted by Gasteiger charge is 2.25. The number of nitrogens with one attached hydrogen (secondary N) is 1. The van der Waals surface area contributed by atoms with Crippen molar-refractivity contribution in [2.24, 2.45) is 5.41 Å². The summed E-state index contributed by atoms with van der Waals surface area (Å²) in [7, 11) is 0. The fraction of sp³-hybridized carbons (Fsp3) is 0.625. The third-order valence-corrected chi connectivity index (χ3v) is 4.25. The summed E-state index contributed by atoms with van der Waals surface area (Å²) in [5, 5.41) is 13.0. The molecule has 0 fully saturated rings. The molecule has 0 spiro atoms. The van der Waals surface area contributed by atoms with Crippen LogP contribution < -0.4 is 14.8 Å². The largest absolute Gasteiger partial charge is 0.490 e. The van der Waals surface area contributed by atoms with Crippen LogP contribution in [0.2, 0.25) is 0 Å². The molecule has 4 heteroatoms. The van der Waals surface area contributed by atoms with Crippen molar-refractivity contribution >= 4 is 5.69 Å². The molecule has 1 heterocycles. The lowest BCUT2D eigenvalue weighted by molar-refractivity contribution is 0.127. The molecule has 0 saturated carbocycles. The van der Waals surface area contributed by atoms with Crippen LogP contribution in [0.3, 0.4) is 0 Å². The standard InChI is InChI=1S/C16H25NO3/c1-3-16(4-2,12-18)11-17-13-6-7-14-15(10-13)20-9-5-8-19-14/h6-7,10,17-18H,3-5,8-9,11-12H2,1-2H3. The highest BCUT2D eigenvalue weighted by molar-refractivity contribution is 5.55. The Balaban J connectivity index is 2.05. The first-order valence-electron chi connectivity index (χ1n) is 7.47. The molecule has 112 valence electrons. The van der Waals surface area contributed by atoms with Crippen LogP contribution in [0.5, 0.6) is 11.5 Å². The molecule has 0 unspecified atom stereocenters. The minimum absolute atomic E-state index is 0.0514. The van der Waals surface area contributed by atoms with Gasteiger partial charge < -0.3 is 19.9 Å². The quantitative estimate of drug-likeness (QED) is 0.840. The van der Waals surface area contributed by atoms with Crippen LogP contribution in [0, 0.1) is 5.41 Å². The molecule has 0 bridgehead atoms. The van der Waals surface area contributed by atoms with Crippen molar-refractivity contribution in [1.29, 1.82) is 0 Å². The number of anilines is 1. The molecular weight excluding hydrogens is 254 g/mol. The maximum Gasteiger partial charge on any atom is 0.163 e. The molecule has 1 aromatic rings. The van der Waals surface area contributed by atoms with E-state index in [0.29, 0.717) is 13.2 Å². The van der Waals surface area contributed by atoms with Crippen molar-refractivity contribution in [2.75, 3.05) is 31.7 Å². The van der Waals surface area contributed by atoms with Gasteiger partial charge in [-0.1, -0.05) is 13.8 Å². The van der Waals surface area contributed by atoms with Gasteiger partial charge in [0.1, 0.15) is 0 Å². The summed E-state index contributed by atoms with van der Waals surface area (Å²) >= 11 is 0. The lowest BCUT2D eigenvalue weighted by atomic mass is 9.83. The van der Waals surface area contributed by atoms with Crippen molar-refractivity contribution in [3.8, 4) is 11.5 Å². The molecule has 20 heavy (non-hydrogen) atoms. The summed E-state index contributed by atoms with van der Waals surface area (Å²) in [6.07, 6.45) is 2.83. The summed E-state index contributed by atoms with van der Waals surface area (Å²) in [6, 6.07) is 5.93. The van der Waals surface area contributed by atoms with E-state index in [2.05, 4.69) is 19.2 Å². The van der Waals surface area contributed by atoms with Gasteiger partial charge in [0.2, 0.25) is 0 Å². The Morgan fingerprint density at radius 2 is 1.85 bits per heavy atom. The maximum absolute atomic E-state index is 9.60. The third kappa shape index (κ3) is 3.37. The van der Waals surface area contributed by atoms with E-state index in [-0.39, 0.29) is 12.0 Å². The van der Waals surface area contributed by atoms with E-state index < -0.39 is 0 Å². The van der Waals surface area contributed by atoms with Crippen molar-refractivity contribution in [3.63, 3.8) is 0 Å². The normalized spacial score (nSPS) is 14.8. The molecule has 1 aliphatic rings. The molecule has 2 rings (SSSR count). The van der Waals surface area contributed by atoms with E-state index in [9.17, 15) is 5.11 Å². The van der Waals surface area contributed by atoms with E-state index in [1.54, 1.807) is 0 Å². The molecule has 0 atom stereocenters. The van der Waals surface area contributed by atoms with Crippen molar-refractivity contribution in [2.45, 2.75) is 33.1 Å². The fourth-order valence-electron chi connectivity index (χ4n) is 2.34. The van der Waals surface area contributed by atoms with Crippen LogP contribution in [0.25, 0.3) is 0 Å². The lowest BCUT2D eigenvalue weighted by Crippen LogP contribution is -2.32. The summed E-state index contributed by atoms with van der Waals surface area (Å²) in [6.45, 7) is 6.61. The third-order valence-electron chi connectivity index (χ3n) is 4.25. The molecule has 1 aliphatic heterocycles. The van der Waals surface area contributed by atoms with Gasteiger partial charge in [-0.05, 0) is 25.0 Å². The van der Waals surface area contributed by atoms with Gasteiger partial charge in [0.15, 0.2) is 11.5 Å². The van der Waals surface area contributed by atoms with E-state index in [1.165, 1.54) is 0 Å². The monoisotopic (exact) mass is 279 g/mol. The number of ether oxygens (including phenoxy) is 2. The number of fused-ring (bicyclic) bond motifs is 1. The zero-order valence-corrected chi connectivity index (χ0v) is 12.4. The zero-order valence-electron chi connectivity index (χ0n) is 12.4. The van der Waals surface area contributed by atoms with E-state index in [0.717, 1.165) is 43.0 Å². The topological polar surface area (TPSA) is 50.7 Å². The first-order chi connectivity index (χ1) is 9.73. The summed E-state index contributed by atoms with van der Waals surface area (Å²) in [4.78, 5) is 0. The Bertz CT molecular complexity index is 421. The Morgan fingerprint density at radius 1 is 1.15 bits per heavy atom. The second-order valence-corrected chi connectivity index (χ2v) is 5.43. The average Bonchev–Trinajstić information content (AvgIpc) is 2.74. The van der Waals surface area contributed by atoms with Gasteiger partial charge in [-0.25, -0.2) is 0 Å². The first-order valence-corrected chi connectivity index (χ1v) is 7.47. The van der Waals surface area contributed by atoms with Gasteiger partial charge >= 0.3 is 0 Å². The number of hydrogen-bond donors (Lipinski definition) is 2. The van der Waals surface area contributed by atoms with E-state index in [1.807, 2.05) is 18.2 Å². The number of aliphatic hydroxyl groups is 1. The van der Waals surface area contributed by atoms with E-state index in [4.69, 9.17) is 9.47 Å². The summed E-state index contributed by atoms with van der Waals surface area (Å²) in [5.41, 5.74) is 0.957. The second kappa shape index (κ2) is 6.84. The van der Waals surface area contributed by atoms with Gasteiger partial charge in [0.05, 0.1) is 19.8 Å². The first kappa shape index (κ1) is 15.0. The number of hydrogen-bond acceptors (Lipinski definition) is 4. The summed E-state index contributed by atoms with van der Waals surface area (Å²) < 4.78 is 11.3. The second-order valence-electron chi connectivity index (χ2n) is 5.43. The van der Waals surface area contributed by atoms with Crippen LogP contribution in [-0.2, 0) is 0 Å². The molecule has 2 N–H and O–H groups in total. The molecule has 0 aromatic heterocycles. The predicted octanol–water partition coefficient (Wildman–Crippen LogP) is 3.06. The molecular formula is C16H25NO3. The fourth-order valence-corrected chi connectivity index (χ4v) is 2.34. The van der Waals surface area contributed by atoms with Crippen molar-refractivity contribution < 1.29 is 14.6 Å². The molecule has 4 nitrogen and oxygen atoms in total. The van der Waals surface area contributed by atoms with Gasteiger partial charge in [-0.2, -0.15) is 0 Å². The smallest absolute Gasteiger partial charge is 0.163 e. The SMILES string of the molecule is CCC(CC)(CO)CNc1ccc2c(c1)OCCCO2. The highest BCUT2D eigenvalue weighted by Crippen LogP contribution is 2.33. The van der Waals surface area contributed by atoms with E-state index >= 15 is 0 Å². The van der Waals surface area contributed by atoms with Crippen LogP contribution in [-0.4, -0.2) is 31.5 Å². The highest BCUT2D eigenvalue weighted by atomic mass is 16.5. The van der Waals surface area contributed by atoms with Crippen molar-refractivity contribution in [3.05, 3.63) is 18.2 Å². The predicted molar refractivity (Wildman–Crippen MR) is 80.6 cm³/mol. The van der Waals surface area contributed by atoms with Gasteiger partial charge in [0.25, 0.3) is 0 Å². The number of aliphatic hydroxyl groups excluding tert-OH is 1. The van der Waals surface area contributed by atoms with Crippen LogP contribution >= 0.6 is 0 Å². The van der Waals surface area contributed by atoms with Gasteiger partial charge in [0, 0.05) is 30.1 Å². The van der Waals surface area contributed by atoms with Gasteiger partial charge in [-0.15, -0.1) is 0 Å². The Kier molecular flexibility index (Phi) is 5.12. The van der Waals surface area contributed by atoms with Gasteiger partial charge in [-0.3, -0.25) is 0 Å². The molecule has 0 saturated heterocycles. The molecule has 0 amide bonds. The van der Waals surface area contributed by atoms with Crippen molar-refractivity contribution in [1.82, 2.24) is 0 Å². The minimum Gasteiger partial charge on any atom is -0.490 e. The number of benzene rings is 1. The average molecular weight is 279 g/mol. The maximum atomic E-state index is 9.60. The lowest BCUT2D eigenvalue weighted by Gasteiger charge is -2.30. The van der Waals surface area contributed by atoms with Crippen LogP contribution in [0.15, 0.2) is 18.2 Å². The molecule has 0 radical (unpaired) electrons. The zero-order chi connectivity index (χ0) is 14.4. The Hall–Kier alpha value is -1.42. The molecule has 1 aromatic carbocycles. The Labute approximate surface area is 121 Å². The summed E-state index contributed by atoms with van der Waals surface area (Å²) in [5.74, 6) is 1.61. The minimum atomic E-state index is -0.0514. The Morgan fingerprint density at radius 3 is 2.50 bits per heavy atom. The molecule has 0 aliphatic carbocycles. The van der Waals surface area contributed by atoms with Crippen LogP contribution in [0.4, 0.5) is 5.69 Å². The van der Waals surface area contributed by atoms with Crippen LogP contribution in [0.1, 0.15) is 33.1 Å².